The van der Waals surface area contributed by atoms with Crippen LogP contribution in [0.5, 0.6) is 0 Å². The number of hydrogen-bond donors (Lipinski definition) is 2. The minimum atomic E-state index is -3.41. The topological polar surface area (TPSA) is 67.4 Å². The monoisotopic (exact) mass is 312 g/mol. The van der Waals surface area contributed by atoms with Gasteiger partial charge in [0.15, 0.2) is 0 Å². The van der Waals surface area contributed by atoms with Gasteiger partial charge in [-0.3, -0.25) is 0 Å². The molecule has 0 atom stereocenters. The van der Waals surface area contributed by atoms with Gasteiger partial charge in [-0.25, -0.2) is 13.1 Å². The van der Waals surface area contributed by atoms with E-state index in [2.05, 4.69) is 10.0 Å². The summed E-state index contributed by atoms with van der Waals surface area (Å²) in [5.41, 5.74) is 1.06. The molecule has 2 N–H and O–H groups in total. The van der Waals surface area contributed by atoms with E-state index in [-0.39, 0.29) is 0 Å². The van der Waals surface area contributed by atoms with Crippen LogP contribution in [0.25, 0.3) is 0 Å². The third kappa shape index (κ3) is 5.74. The highest BCUT2D eigenvalue weighted by Crippen LogP contribution is 2.28. The summed E-state index contributed by atoms with van der Waals surface area (Å²) in [6, 6.07) is 6.92. The third-order valence-corrected chi connectivity index (χ3v) is 4.90. The summed E-state index contributed by atoms with van der Waals surface area (Å²) < 4.78 is 32.3. The summed E-state index contributed by atoms with van der Waals surface area (Å²) in [5, 5.41) is 3.03. The van der Waals surface area contributed by atoms with Gasteiger partial charge < -0.3 is 10.1 Å². The van der Waals surface area contributed by atoms with Crippen molar-refractivity contribution in [2.24, 2.45) is 5.92 Å². The van der Waals surface area contributed by atoms with Crippen molar-refractivity contribution in [3.8, 4) is 0 Å². The third-order valence-electron chi connectivity index (χ3n) is 3.42. The molecular formula is C15H24N2O3S. The summed E-state index contributed by atoms with van der Waals surface area (Å²) in [6.07, 6.45) is 3.25. The van der Waals surface area contributed by atoms with Gasteiger partial charge in [-0.1, -0.05) is 12.1 Å². The average Bonchev–Trinajstić information content (AvgIpc) is 3.28. The fraction of sp³-hybridized carbons (Fsp3) is 0.600. The van der Waals surface area contributed by atoms with Gasteiger partial charge in [0, 0.05) is 26.3 Å². The standard InChI is InChI=1S/C15H24N2O3S/c1-16-11-13-5-7-15(8-6-13)21(18,19)17-9-2-10-20-12-14-3-4-14/h5-8,14,16-17H,2-4,9-12H2,1H3. The molecule has 0 radical (unpaired) electrons. The fourth-order valence-corrected chi connectivity index (χ4v) is 3.06. The lowest BCUT2D eigenvalue weighted by molar-refractivity contribution is 0.123. The van der Waals surface area contributed by atoms with Crippen LogP contribution in [0.2, 0.25) is 0 Å². The van der Waals surface area contributed by atoms with Crippen LogP contribution < -0.4 is 10.0 Å². The highest BCUT2D eigenvalue weighted by atomic mass is 32.2. The molecule has 0 heterocycles. The Hall–Kier alpha value is -0.950. The predicted molar refractivity (Wildman–Crippen MR) is 82.6 cm³/mol. The lowest BCUT2D eigenvalue weighted by Crippen LogP contribution is -2.25. The minimum Gasteiger partial charge on any atom is -0.381 e. The highest BCUT2D eigenvalue weighted by Gasteiger charge is 2.20. The van der Waals surface area contributed by atoms with Crippen molar-refractivity contribution in [2.45, 2.75) is 30.7 Å². The Balaban J connectivity index is 1.72. The van der Waals surface area contributed by atoms with Crippen molar-refractivity contribution in [2.75, 3.05) is 26.8 Å². The van der Waals surface area contributed by atoms with Gasteiger partial charge in [-0.15, -0.1) is 0 Å². The largest absolute Gasteiger partial charge is 0.381 e. The fourth-order valence-electron chi connectivity index (χ4n) is 1.99. The maximum Gasteiger partial charge on any atom is 0.240 e. The van der Waals surface area contributed by atoms with Gasteiger partial charge in [0.05, 0.1) is 4.90 Å². The molecule has 0 saturated heterocycles. The molecule has 1 fully saturated rings. The van der Waals surface area contributed by atoms with E-state index < -0.39 is 10.0 Å². The smallest absolute Gasteiger partial charge is 0.240 e. The maximum absolute atomic E-state index is 12.1. The SMILES string of the molecule is CNCc1ccc(S(=O)(=O)NCCCOCC2CC2)cc1. The summed E-state index contributed by atoms with van der Waals surface area (Å²) in [7, 11) is -1.55. The zero-order valence-corrected chi connectivity index (χ0v) is 13.3. The van der Waals surface area contributed by atoms with Crippen LogP contribution >= 0.6 is 0 Å². The van der Waals surface area contributed by atoms with Crippen molar-refractivity contribution in [3.05, 3.63) is 29.8 Å². The second-order valence-corrected chi connectivity index (χ2v) is 7.21. The van der Waals surface area contributed by atoms with Gasteiger partial charge in [-0.2, -0.15) is 0 Å². The van der Waals surface area contributed by atoms with Crippen LogP contribution in [0, 0.1) is 5.92 Å². The zero-order valence-electron chi connectivity index (χ0n) is 12.5. The Morgan fingerprint density at radius 2 is 1.95 bits per heavy atom. The van der Waals surface area contributed by atoms with E-state index in [4.69, 9.17) is 4.74 Å². The number of rotatable bonds is 10. The van der Waals surface area contributed by atoms with Crippen molar-refractivity contribution >= 4 is 10.0 Å². The summed E-state index contributed by atoms with van der Waals surface area (Å²) >= 11 is 0. The Morgan fingerprint density at radius 3 is 2.57 bits per heavy atom. The molecule has 1 aliphatic rings. The van der Waals surface area contributed by atoms with E-state index in [1.54, 1.807) is 12.1 Å². The first-order valence-electron chi connectivity index (χ1n) is 7.43. The molecule has 21 heavy (non-hydrogen) atoms. The quantitative estimate of drug-likeness (QED) is 0.643. The molecule has 2 rings (SSSR count). The van der Waals surface area contributed by atoms with Crippen molar-refractivity contribution in [3.63, 3.8) is 0 Å². The number of hydrogen-bond acceptors (Lipinski definition) is 4. The maximum atomic E-state index is 12.1. The lowest BCUT2D eigenvalue weighted by Gasteiger charge is -2.08. The van der Waals surface area contributed by atoms with Gasteiger partial charge in [0.25, 0.3) is 0 Å². The molecular weight excluding hydrogens is 288 g/mol. The van der Waals surface area contributed by atoms with Crippen LogP contribution in [0.4, 0.5) is 0 Å². The second kappa shape index (κ2) is 7.89. The van der Waals surface area contributed by atoms with E-state index in [0.717, 1.165) is 24.6 Å². The van der Waals surface area contributed by atoms with E-state index in [9.17, 15) is 8.42 Å². The van der Waals surface area contributed by atoms with E-state index in [1.807, 2.05) is 19.2 Å². The molecule has 0 bridgehead atoms. The lowest BCUT2D eigenvalue weighted by atomic mass is 10.2. The molecule has 1 aromatic rings. The number of sulfonamides is 1. The van der Waals surface area contributed by atoms with Crippen molar-refractivity contribution in [1.82, 2.24) is 10.0 Å². The minimum absolute atomic E-state index is 0.307. The van der Waals surface area contributed by atoms with E-state index in [1.165, 1.54) is 12.8 Å². The molecule has 0 aliphatic heterocycles. The molecule has 1 aliphatic carbocycles. The number of benzene rings is 1. The van der Waals surface area contributed by atoms with Gasteiger partial charge in [0.2, 0.25) is 10.0 Å². The van der Waals surface area contributed by atoms with Crippen LogP contribution in [0.1, 0.15) is 24.8 Å². The van der Waals surface area contributed by atoms with Gasteiger partial charge >= 0.3 is 0 Å². The Morgan fingerprint density at radius 1 is 1.24 bits per heavy atom. The normalized spacial score (nSPS) is 15.3. The molecule has 6 heteroatoms. The molecule has 0 amide bonds. The zero-order chi connectivity index (χ0) is 15.1. The molecule has 1 aromatic carbocycles. The van der Waals surface area contributed by atoms with Gasteiger partial charge in [0.1, 0.15) is 0 Å². The first kappa shape index (κ1) is 16.4. The number of ether oxygens (including phenoxy) is 1. The van der Waals surface area contributed by atoms with Gasteiger partial charge in [-0.05, 0) is 49.9 Å². The summed E-state index contributed by atoms with van der Waals surface area (Å²) in [5.74, 6) is 0.748. The highest BCUT2D eigenvalue weighted by molar-refractivity contribution is 7.89. The Labute approximate surface area is 127 Å². The average molecular weight is 312 g/mol. The molecule has 0 unspecified atom stereocenters. The molecule has 0 spiro atoms. The van der Waals surface area contributed by atoms with Crippen LogP contribution in [0.3, 0.4) is 0 Å². The van der Waals surface area contributed by atoms with E-state index >= 15 is 0 Å². The van der Waals surface area contributed by atoms with Crippen LogP contribution in [0.15, 0.2) is 29.2 Å². The van der Waals surface area contributed by atoms with Crippen LogP contribution in [-0.4, -0.2) is 35.2 Å². The summed E-state index contributed by atoms with van der Waals surface area (Å²) in [4.78, 5) is 0.307. The Bertz CT molecular complexity index is 524. The van der Waals surface area contributed by atoms with Crippen LogP contribution in [-0.2, 0) is 21.3 Å². The first-order valence-corrected chi connectivity index (χ1v) is 8.91. The van der Waals surface area contributed by atoms with Crippen molar-refractivity contribution in [1.29, 1.82) is 0 Å². The number of nitrogens with one attached hydrogen (secondary N) is 2. The van der Waals surface area contributed by atoms with Crippen molar-refractivity contribution < 1.29 is 13.2 Å². The molecule has 5 nitrogen and oxygen atoms in total. The summed E-state index contributed by atoms with van der Waals surface area (Å²) in [6.45, 7) is 2.57. The predicted octanol–water partition coefficient (Wildman–Crippen LogP) is 1.50. The van der Waals surface area contributed by atoms with E-state index in [0.29, 0.717) is 24.5 Å². The molecule has 0 aromatic heterocycles. The Kier molecular flexibility index (Phi) is 6.17. The first-order chi connectivity index (χ1) is 10.1. The second-order valence-electron chi connectivity index (χ2n) is 5.44. The molecule has 118 valence electrons. The molecule has 1 saturated carbocycles.